The first-order chi connectivity index (χ1) is 26.3. The van der Waals surface area contributed by atoms with Crippen molar-refractivity contribution in [2.45, 2.75) is 0 Å². The second kappa shape index (κ2) is 12.8. The van der Waals surface area contributed by atoms with Crippen LogP contribution in [0, 0.1) is 0 Å². The summed E-state index contributed by atoms with van der Waals surface area (Å²) in [5, 5.41) is 3.62. The molecular formula is C48H33N5. The summed E-state index contributed by atoms with van der Waals surface area (Å²) in [5.41, 5.74) is 13.6. The molecule has 5 heteroatoms. The second-order valence-electron chi connectivity index (χ2n) is 13.2. The Labute approximate surface area is 307 Å². The van der Waals surface area contributed by atoms with Crippen LogP contribution >= 0.6 is 0 Å². The van der Waals surface area contributed by atoms with Gasteiger partial charge in [-0.25, -0.2) is 0 Å². The van der Waals surface area contributed by atoms with E-state index < -0.39 is 0 Å². The molecule has 0 atom stereocenters. The lowest BCUT2D eigenvalue weighted by Crippen LogP contribution is -2.10. The molecule has 0 aliphatic carbocycles. The van der Waals surface area contributed by atoms with E-state index in [0.29, 0.717) is 0 Å². The van der Waals surface area contributed by atoms with Crippen LogP contribution in [-0.4, -0.2) is 19.1 Å². The monoisotopic (exact) mass is 679 g/mol. The summed E-state index contributed by atoms with van der Waals surface area (Å²) in [6, 6.07) is 60.7. The fourth-order valence-electron chi connectivity index (χ4n) is 7.64. The van der Waals surface area contributed by atoms with Crippen molar-refractivity contribution in [2.75, 3.05) is 4.90 Å². The number of nitrogens with zero attached hydrogens (tertiary/aromatic N) is 5. The third kappa shape index (κ3) is 5.34. The number of para-hydroxylation sites is 2. The molecule has 4 aromatic heterocycles. The van der Waals surface area contributed by atoms with Gasteiger partial charge in [-0.2, -0.15) is 0 Å². The number of hydrogen-bond donors (Lipinski definition) is 0. The third-order valence-corrected chi connectivity index (χ3v) is 10.1. The molecule has 0 aliphatic heterocycles. The second-order valence-corrected chi connectivity index (χ2v) is 13.2. The van der Waals surface area contributed by atoms with Crippen LogP contribution in [0.5, 0.6) is 0 Å². The van der Waals surface area contributed by atoms with Crippen LogP contribution in [0.4, 0.5) is 17.1 Å². The van der Waals surface area contributed by atoms with Crippen molar-refractivity contribution in [3.8, 4) is 33.6 Å². The van der Waals surface area contributed by atoms with Gasteiger partial charge >= 0.3 is 0 Å². The molecule has 0 aliphatic rings. The van der Waals surface area contributed by atoms with Crippen molar-refractivity contribution < 1.29 is 0 Å². The van der Waals surface area contributed by atoms with Gasteiger partial charge < -0.3 is 14.0 Å². The number of hydrogen-bond acceptors (Lipinski definition) is 3. The molecule has 0 spiro atoms. The Hall–Kier alpha value is -7.24. The zero-order valence-electron chi connectivity index (χ0n) is 28.8. The molecule has 0 N–H and O–H groups in total. The summed E-state index contributed by atoms with van der Waals surface area (Å²) in [5.74, 6) is 0. The lowest BCUT2D eigenvalue weighted by atomic mass is 10.0. The van der Waals surface area contributed by atoms with Crippen LogP contribution in [0.1, 0.15) is 0 Å². The molecule has 0 saturated heterocycles. The van der Waals surface area contributed by atoms with Crippen LogP contribution in [0.3, 0.4) is 0 Å². The lowest BCUT2D eigenvalue weighted by molar-refractivity contribution is 1.13. The number of aromatic nitrogens is 4. The SMILES string of the molecule is c1ccc(-n2ccc3c2ccc2c4cc(N(c5ccc(-c6ccncc6)cc5)c5ccc(-c6cccnc6)cc5)ccc4n(-c4ccccc4)c23)cc1. The van der Waals surface area contributed by atoms with E-state index in [2.05, 4.69) is 182 Å². The van der Waals surface area contributed by atoms with Gasteiger partial charge in [0.15, 0.2) is 0 Å². The molecule has 0 bridgehead atoms. The Morgan fingerprint density at radius 3 is 1.70 bits per heavy atom. The van der Waals surface area contributed by atoms with Gasteiger partial charge in [-0.3, -0.25) is 9.97 Å². The number of pyridine rings is 2. The van der Waals surface area contributed by atoms with Gasteiger partial charge in [0.25, 0.3) is 0 Å². The zero-order valence-corrected chi connectivity index (χ0v) is 28.8. The molecule has 250 valence electrons. The van der Waals surface area contributed by atoms with E-state index in [1.807, 2.05) is 43.0 Å². The molecule has 0 saturated carbocycles. The van der Waals surface area contributed by atoms with Crippen LogP contribution in [0.15, 0.2) is 201 Å². The van der Waals surface area contributed by atoms with Crippen LogP contribution in [0.2, 0.25) is 0 Å². The summed E-state index contributed by atoms with van der Waals surface area (Å²) >= 11 is 0. The maximum absolute atomic E-state index is 4.34. The van der Waals surface area contributed by atoms with E-state index in [4.69, 9.17) is 0 Å². The summed E-state index contributed by atoms with van der Waals surface area (Å²) < 4.78 is 4.70. The first-order valence-corrected chi connectivity index (χ1v) is 17.8. The van der Waals surface area contributed by atoms with Crippen molar-refractivity contribution in [2.24, 2.45) is 0 Å². The molecule has 6 aromatic carbocycles. The molecule has 0 unspecified atom stereocenters. The fraction of sp³-hybridized carbons (Fsp3) is 0. The predicted molar refractivity (Wildman–Crippen MR) is 219 cm³/mol. The lowest BCUT2D eigenvalue weighted by Gasteiger charge is -2.26. The van der Waals surface area contributed by atoms with E-state index in [1.165, 1.54) is 27.2 Å². The molecule has 0 amide bonds. The average Bonchev–Trinajstić information content (AvgIpc) is 3.82. The molecule has 0 fully saturated rings. The summed E-state index contributed by atoms with van der Waals surface area (Å²) in [6.07, 6.45) is 9.58. The predicted octanol–water partition coefficient (Wildman–Crippen LogP) is 12.3. The summed E-state index contributed by atoms with van der Waals surface area (Å²) in [6.45, 7) is 0. The highest BCUT2D eigenvalue weighted by Gasteiger charge is 2.20. The van der Waals surface area contributed by atoms with Crippen LogP contribution in [0.25, 0.3) is 66.3 Å². The maximum atomic E-state index is 4.34. The van der Waals surface area contributed by atoms with E-state index in [0.717, 1.165) is 56.2 Å². The highest BCUT2D eigenvalue weighted by molar-refractivity contribution is 6.19. The standard InChI is InChI=1S/C48H33N5/c1-3-9-38(10-4-1)51-31-27-44-46(51)24-22-43-45-32-42(21-23-47(45)53(48(43)44)39-11-5-2-6-12-39)52(40-17-13-34(14-18-40)36-25-29-49-30-26-36)41-19-15-35(16-20-41)37-8-7-28-50-33-37/h1-33H. The fourth-order valence-corrected chi connectivity index (χ4v) is 7.64. The Balaban J connectivity index is 1.17. The Morgan fingerprint density at radius 1 is 0.396 bits per heavy atom. The Kier molecular flexibility index (Phi) is 7.40. The molecule has 10 aromatic rings. The maximum Gasteiger partial charge on any atom is 0.0635 e. The number of fused-ring (bicyclic) bond motifs is 5. The quantitative estimate of drug-likeness (QED) is 0.168. The normalized spacial score (nSPS) is 11.4. The smallest absolute Gasteiger partial charge is 0.0635 e. The van der Waals surface area contributed by atoms with E-state index in [9.17, 15) is 0 Å². The third-order valence-electron chi connectivity index (χ3n) is 10.1. The largest absolute Gasteiger partial charge is 0.316 e. The van der Waals surface area contributed by atoms with Gasteiger partial charge in [0.05, 0.1) is 16.6 Å². The first-order valence-electron chi connectivity index (χ1n) is 17.8. The van der Waals surface area contributed by atoms with E-state index >= 15 is 0 Å². The minimum Gasteiger partial charge on any atom is -0.316 e. The van der Waals surface area contributed by atoms with Crippen molar-refractivity contribution in [1.82, 2.24) is 19.1 Å². The zero-order chi connectivity index (χ0) is 35.1. The minimum atomic E-state index is 1.07. The molecule has 4 heterocycles. The van der Waals surface area contributed by atoms with Crippen LogP contribution < -0.4 is 4.90 Å². The number of anilines is 3. The van der Waals surface area contributed by atoms with Gasteiger partial charge in [0.2, 0.25) is 0 Å². The molecule has 0 radical (unpaired) electrons. The highest BCUT2D eigenvalue weighted by atomic mass is 15.1. The van der Waals surface area contributed by atoms with Crippen LogP contribution in [-0.2, 0) is 0 Å². The van der Waals surface area contributed by atoms with Crippen molar-refractivity contribution >= 4 is 49.8 Å². The molecular weight excluding hydrogens is 647 g/mol. The first kappa shape index (κ1) is 30.6. The van der Waals surface area contributed by atoms with Crippen molar-refractivity contribution in [3.05, 3.63) is 201 Å². The van der Waals surface area contributed by atoms with E-state index in [-0.39, 0.29) is 0 Å². The number of benzene rings is 6. The topological polar surface area (TPSA) is 38.9 Å². The van der Waals surface area contributed by atoms with Gasteiger partial charge in [-0.1, -0.05) is 72.8 Å². The Morgan fingerprint density at radius 2 is 1.02 bits per heavy atom. The van der Waals surface area contributed by atoms with E-state index in [1.54, 1.807) is 0 Å². The highest BCUT2D eigenvalue weighted by Crippen LogP contribution is 2.42. The van der Waals surface area contributed by atoms with Gasteiger partial charge in [0, 0.05) is 75.6 Å². The van der Waals surface area contributed by atoms with Crippen molar-refractivity contribution in [1.29, 1.82) is 0 Å². The van der Waals surface area contributed by atoms with Crippen molar-refractivity contribution in [3.63, 3.8) is 0 Å². The summed E-state index contributed by atoms with van der Waals surface area (Å²) in [4.78, 5) is 10.9. The van der Waals surface area contributed by atoms with Gasteiger partial charge in [-0.15, -0.1) is 0 Å². The summed E-state index contributed by atoms with van der Waals surface area (Å²) in [7, 11) is 0. The average molecular weight is 680 g/mol. The Bertz CT molecular complexity index is 2760. The molecule has 5 nitrogen and oxygen atoms in total. The molecule has 10 rings (SSSR count). The number of rotatable bonds is 7. The minimum absolute atomic E-state index is 1.07. The molecule has 53 heavy (non-hydrogen) atoms. The van der Waals surface area contributed by atoms with Gasteiger partial charge in [-0.05, 0) is 119 Å². The van der Waals surface area contributed by atoms with Gasteiger partial charge in [0.1, 0.15) is 0 Å².